The van der Waals surface area contributed by atoms with E-state index in [1.54, 1.807) is 17.4 Å². The molecule has 0 fully saturated rings. The number of para-hydroxylation sites is 1. The molecule has 0 aliphatic heterocycles. The predicted molar refractivity (Wildman–Crippen MR) is 109 cm³/mol. The largest absolute Gasteiger partial charge is 0.321 e. The lowest BCUT2D eigenvalue weighted by Crippen LogP contribution is -2.12. The van der Waals surface area contributed by atoms with Crippen LogP contribution in [0.3, 0.4) is 0 Å². The maximum absolute atomic E-state index is 12.6. The van der Waals surface area contributed by atoms with Gasteiger partial charge in [-0.2, -0.15) is 0 Å². The predicted octanol–water partition coefficient (Wildman–Crippen LogP) is 6.18. The van der Waals surface area contributed by atoms with Crippen molar-refractivity contribution in [2.24, 2.45) is 0 Å². The molecular formula is C21H15ClN2OS. The van der Waals surface area contributed by atoms with Crippen molar-refractivity contribution < 1.29 is 4.79 Å². The van der Waals surface area contributed by atoms with Crippen molar-refractivity contribution in [1.29, 1.82) is 0 Å². The summed E-state index contributed by atoms with van der Waals surface area (Å²) >= 11 is 7.78. The smallest absolute Gasteiger partial charge is 0.255 e. The molecular weight excluding hydrogens is 364 g/mol. The van der Waals surface area contributed by atoms with Gasteiger partial charge in [-0.3, -0.25) is 4.79 Å². The summed E-state index contributed by atoms with van der Waals surface area (Å²) in [5.74, 6) is -0.158. The van der Waals surface area contributed by atoms with E-state index in [4.69, 9.17) is 11.6 Å². The zero-order valence-electron chi connectivity index (χ0n) is 14.0. The number of aryl methyl sites for hydroxylation is 1. The summed E-state index contributed by atoms with van der Waals surface area (Å²) < 4.78 is 1.10. The highest BCUT2D eigenvalue weighted by molar-refractivity contribution is 7.21. The fraction of sp³-hybridized carbons (Fsp3) is 0.0476. The minimum absolute atomic E-state index is 0.158. The molecule has 0 unspecified atom stereocenters. The van der Waals surface area contributed by atoms with Crippen molar-refractivity contribution in [2.75, 3.05) is 5.32 Å². The number of aromatic nitrogens is 1. The van der Waals surface area contributed by atoms with Gasteiger partial charge in [0.25, 0.3) is 5.91 Å². The highest BCUT2D eigenvalue weighted by Crippen LogP contribution is 2.36. The number of thiazole rings is 1. The normalized spacial score (nSPS) is 10.8. The van der Waals surface area contributed by atoms with E-state index >= 15 is 0 Å². The summed E-state index contributed by atoms with van der Waals surface area (Å²) in [4.78, 5) is 17.3. The molecule has 0 spiro atoms. The van der Waals surface area contributed by atoms with Crippen molar-refractivity contribution in [2.45, 2.75) is 6.92 Å². The molecule has 0 aliphatic carbocycles. The van der Waals surface area contributed by atoms with E-state index in [0.717, 1.165) is 26.4 Å². The Morgan fingerprint density at radius 2 is 1.81 bits per heavy atom. The van der Waals surface area contributed by atoms with Gasteiger partial charge in [0.2, 0.25) is 0 Å². The number of hydrogen-bond acceptors (Lipinski definition) is 3. The molecule has 1 aromatic heterocycles. The van der Waals surface area contributed by atoms with E-state index < -0.39 is 0 Å². The quantitative estimate of drug-likeness (QED) is 0.462. The average Bonchev–Trinajstić information content (AvgIpc) is 3.07. The molecule has 4 rings (SSSR count). The molecule has 26 heavy (non-hydrogen) atoms. The molecule has 0 saturated heterocycles. The van der Waals surface area contributed by atoms with Gasteiger partial charge in [-0.05, 0) is 49.4 Å². The first-order valence-electron chi connectivity index (χ1n) is 8.14. The van der Waals surface area contributed by atoms with Crippen LogP contribution in [0, 0.1) is 6.92 Å². The summed E-state index contributed by atoms with van der Waals surface area (Å²) in [6.45, 7) is 1.99. The highest BCUT2D eigenvalue weighted by atomic mass is 35.5. The van der Waals surface area contributed by atoms with Gasteiger partial charge < -0.3 is 5.32 Å². The van der Waals surface area contributed by atoms with Crippen molar-refractivity contribution in [3.63, 3.8) is 0 Å². The zero-order valence-corrected chi connectivity index (χ0v) is 15.6. The Morgan fingerprint density at radius 3 is 2.58 bits per heavy atom. The van der Waals surface area contributed by atoms with Gasteiger partial charge in [0.1, 0.15) is 5.01 Å². The molecule has 0 saturated carbocycles. The van der Waals surface area contributed by atoms with E-state index in [2.05, 4.69) is 10.3 Å². The minimum Gasteiger partial charge on any atom is -0.321 e. The Bertz CT molecular complexity index is 1070. The number of anilines is 1. The number of rotatable bonds is 3. The molecule has 4 aromatic rings. The number of benzene rings is 3. The van der Waals surface area contributed by atoms with Gasteiger partial charge in [0, 0.05) is 16.1 Å². The van der Waals surface area contributed by atoms with Gasteiger partial charge >= 0.3 is 0 Å². The van der Waals surface area contributed by atoms with Gasteiger partial charge in [-0.25, -0.2) is 4.98 Å². The van der Waals surface area contributed by atoms with Gasteiger partial charge in [0.15, 0.2) is 0 Å². The number of hydrogen-bond donors (Lipinski definition) is 1. The van der Waals surface area contributed by atoms with Gasteiger partial charge in [-0.1, -0.05) is 41.4 Å². The molecule has 5 heteroatoms. The van der Waals surface area contributed by atoms with Crippen LogP contribution in [0.15, 0.2) is 66.7 Å². The molecule has 3 nitrogen and oxygen atoms in total. The molecule has 0 radical (unpaired) electrons. The number of carbonyl (C=O) groups is 1. The Morgan fingerprint density at radius 1 is 1.04 bits per heavy atom. The van der Waals surface area contributed by atoms with Crippen LogP contribution in [0.4, 0.5) is 5.69 Å². The van der Waals surface area contributed by atoms with Gasteiger partial charge in [-0.15, -0.1) is 11.3 Å². The topological polar surface area (TPSA) is 42.0 Å². The Balaban J connectivity index is 1.72. The van der Waals surface area contributed by atoms with Crippen molar-refractivity contribution in [3.05, 3.63) is 82.9 Å². The van der Waals surface area contributed by atoms with Gasteiger partial charge in [0.05, 0.1) is 15.9 Å². The van der Waals surface area contributed by atoms with E-state index in [-0.39, 0.29) is 5.91 Å². The third-order valence-corrected chi connectivity index (χ3v) is 5.37. The van der Waals surface area contributed by atoms with Crippen LogP contribution in [0.1, 0.15) is 15.9 Å². The van der Waals surface area contributed by atoms with Crippen LogP contribution >= 0.6 is 22.9 Å². The number of halogens is 1. The lowest BCUT2D eigenvalue weighted by Gasteiger charge is -2.10. The van der Waals surface area contributed by atoms with E-state index in [9.17, 15) is 4.79 Å². The summed E-state index contributed by atoms with van der Waals surface area (Å²) in [5.41, 5.74) is 4.17. The Kier molecular flexibility index (Phi) is 4.45. The number of carbonyl (C=O) groups excluding carboxylic acids is 1. The summed E-state index contributed by atoms with van der Waals surface area (Å²) in [6.07, 6.45) is 0. The second-order valence-corrected chi connectivity index (χ2v) is 7.46. The first-order chi connectivity index (χ1) is 12.6. The Labute approximate surface area is 160 Å². The van der Waals surface area contributed by atoms with E-state index in [1.165, 1.54) is 0 Å². The molecule has 0 atom stereocenters. The van der Waals surface area contributed by atoms with Crippen LogP contribution in [0.5, 0.6) is 0 Å². The first kappa shape index (κ1) is 16.8. The summed E-state index contributed by atoms with van der Waals surface area (Å²) in [5, 5.41) is 4.42. The lowest BCUT2D eigenvalue weighted by molar-refractivity contribution is 0.102. The number of amides is 1. The first-order valence-corrected chi connectivity index (χ1v) is 9.33. The standard InChI is InChI=1S/C21H15ClN2OS/c1-13-6-8-14(9-7-13)20(25)23-17-11-10-15(22)12-16(17)21-24-18-4-2-3-5-19(18)26-21/h2-12H,1H3,(H,23,25). The van der Waals surface area contributed by atoms with Crippen LogP contribution in [-0.4, -0.2) is 10.9 Å². The number of fused-ring (bicyclic) bond motifs is 1. The fourth-order valence-corrected chi connectivity index (χ4v) is 3.86. The summed E-state index contributed by atoms with van der Waals surface area (Å²) in [7, 11) is 0. The second-order valence-electron chi connectivity index (χ2n) is 6.00. The van der Waals surface area contributed by atoms with Crippen molar-refractivity contribution >= 4 is 44.7 Å². The van der Waals surface area contributed by atoms with Crippen molar-refractivity contribution in [1.82, 2.24) is 4.98 Å². The molecule has 3 aromatic carbocycles. The van der Waals surface area contributed by atoms with Crippen molar-refractivity contribution in [3.8, 4) is 10.6 Å². The SMILES string of the molecule is Cc1ccc(C(=O)Nc2ccc(Cl)cc2-c2nc3ccccc3s2)cc1. The van der Waals surface area contributed by atoms with E-state index in [1.807, 2.05) is 67.6 Å². The molecule has 1 amide bonds. The zero-order chi connectivity index (χ0) is 18.1. The van der Waals surface area contributed by atoms with Crippen LogP contribution < -0.4 is 5.32 Å². The van der Waals surface area contributed by atoms with E-state index in [0.29, 0.717) is 16.3 Å². The maximum atomic E-state index is 12.6. The number of nitrogens with zero attached hydrogens (tertiary/aromatic N) is 1. The van der Waals surface area contributed by atoms with Crippen LogP contribution in [-0.2, 0) is 0 Å². The lowest BCUT2D eigenvalue weighted by atomic mass is 10.1. The highest BCUT2D eigenvalue weighted by Gasteiger charge is 2.14. The third-order valence-electron chi connectivity index (χ3n) is 4.07. The van der Waals surface area contributed by atoms with Crippen LogP contribution in [0.25, 0.3) is 20.8 Å². The minimum atomic E-state index is -0.158. The fourth-order valence-electron chi connectivity index (χ4n) is 2.69. The summed E-state index contributed by atoms with van der Waals surface area (Å²) in [6, 6.07) is 20.9. The molecule has 128 valence electrons. The molecule has 0 bridgehead atoms. The molecule has 1 heterocycles. The average molecular weight is 379 g/mol. The third kappa shape index (κ3) is 3.34. The molecule has 0 aliphatic rings. The second kappa shape index (κ2) is 6.90. The Hall–Kier alpha value is -2.69. The monoisotopic (exact) mass is 378 g/mol. The molecule has 1 N–H and O–H groups in total. The number of nitrogens with one attached hydrogen (secondary N) is 1. The maximum Gasteiger partial charge on any atom is 0.255 e. The van der Waals surface area contributed by atoms with Crippen LogP contribution in [0.2, 0.25) is 5.02 Å².